The molecule has 3 N–H and O–H groups in total. The molecule has 0 aliphatic rings. The first kappa shape index (κ1) is 15.0. The van der Waals surface area contributed by atoms with Crippen molar-refractivity contribution in [2.45, 2.75) is 19.9 Å². The van der Waals surface area contributed by atoms with Crippen LogP contribution in [0.25, 0.3) is 11.0 Å². The monoisotopic (exact) mass is 310 g/mol. The van der Waals surface area contributed by atoms with Gasteiger partial charge in [-0.25, -0.2) is 4.79 Å². The molecule has 0 saturated heterocycles. The number of carboxylic acid groups (broad SMARTS) is 1. The van der Waals surface area contributed by atoms with Crippen molar-refractivity contribution >= 4 is 34.2 Å². The van der Waals surface area contributed by atoms with Crippen LogP contribution in [0.15, 0.2) is 52.9 Å². The van der Waals surface area contributed by atoms with Gasteiger partial charge in [0.05, 0.1) is 11.3 Å². The summed E-state index contributed by atoms with van der Waals surface area (Å²) >= 11 is 0. The number of carboxylic acids is 1. The Bertz CT molecular complexity index is 852. The second kappa shape index (κ2) is 6.04. The average Bonchev–Trinajstić information content (AvgIpc) is 2.85. The Balaban J connectivity index is 2.10. The van der Waals surface area contributed by atoms with Crippen molar-refractivity contribution < 1.29 is 14.3 Å². The van der Waals surface area contributed by atoms with Gasteiger partial charge < -0.3 is 20.2 Å². The van der Waals surface area contributed by atoms with Gasteiger partial charge in [0.15, 0.2) is 0 Å². The highest BCUT2D eigenvalue weighted by atomic mass is 16.4. The lowest BCUT2D eigenvalue weighted by Crippen LogP contribution is -2.10. The highest BCUT2D eigenvalue weighted by Gasteiger charge is 2.17. The fourth-order valence-corrected chi connectivity index (χ4v) is 2.45. The number of anilines is 3. The molecular weight excluding hydrogens is 292 g/mol. The Hall–Kier alpha value is -2.95. The number of aromatic carboxylic acids is 1. The van der Waals surface area contributed by atoms with Gasteiger partial charge in [-0.1, -0.05) is 24.3 Å². The first-order valence-electron chi connectivity index (χ1n) is 7.43. The molecule has 0 unspecified atom stereocenters. The molecule has 2 aromatic carbocycles. The van der Waals surface area contributed by atoms with Crippen LogP contribution in [0.1, 0.15) is 24.2 Å². The summed E-state index contributed by atoms with van der Waals surface area (Å²) in [5.74, 6) is -0.374. The smallest absolute Gasteiger partial charge is 0.337 e. The Morgan fingerprint density at radius 2 is 1.78 bits per heavy atom. The second-order valence-electron chi connectivity index (χ2n) is 5.58. The third-order valence-electron chi connectivity index (χ3n) is 3.43. The average molecular weight is 310 g/mol. The van der Waals surface area contributed by atoms with Gasteiger partial charge in [-0.3, -0.25) is 0 Å². The fourth-order valence-electron chi connectivity index (χ4n) is 2.45. The van der Waals surface area contributed by atoms with Crippen molar-refractivity contribution in [3.63, 3.8) is 0 Å². The van der Waals surface area contributed by atoms with Gasteiger partial charge in [0.2, 0.25) is 5.88 Å². The minimum absolute atomic E-state index is 0.186. The molecule has 0 spiro atoms. The number of furan rings is 1. The Kier molecular flexibility index (Phi) is 3.93. The Morgan fingerprint density at radius 3 is 2.52 bits per heavy atom. The van der Waals surface area contributed by atoms with Crippen molar-refractivity contribution in [1.29, 1.82) is 0 Å². The van der Waals surface area contributed by atoms with Crippen LogP contribution in [0.4, 0.5) is 17.3 Å². The molecule has 1 heterocycles. The van der Waals surface area contributed by atoms with E-state index < -0.39 is 5.97 Å². The van der Waals surface area contributed by atoms with Crippen molar-refractivity contribution in [1.82, 2.24) is 0 Å². The second-order valence-corrected chi connectivity index (χ2v) is 5.58. The van der Waals surface area contributed by atoms with Crippen LogP contribution < -0.4 is 10.6 Å². The largest absolute Gasteiger partial charge is 0.478 e. The number of fused-ring (bicyclic) bond motifs is 1. The summed E-state index contributed by atoms with van der Waals surface area (Å²) in [6, 6.07) is 14.6. The van der Waals surface area contributed by atoms with Crippen LogP contribution in [0.5, 0.6) is 0 Å². The normalized spacial score (nSPS) is 10.9. The van der Waals surface area contributed by atoms with E-state index in [1.54, 1.807) is 24.3 Å². The summed E-state index contributed by atoms with van der Waals surface area (Å²) in [6.07, 6.45) is 0. The Labute approximate surface area is 133 Å². The van der Waals surface area contributed by atoms with Gasteiger partial charge in [-0.15, -0.1) is 0 Å². The molecule has 1 aromatic heterocycles. The van der Waals surface area contributed by atoms with Crippen molar-refractivity contribution in [3.05, 3.63) is 54.1 Å². The third kappa shape index (κ3) is 2.99. The number of nitrogens with one attached hydrogen (secondary N) is 2. The van der Waals surface area contributed by atoms with Crippen LogP contribution in [0.2, 0.25) is 0 Å². The summed E-state index contributed by atoms with van der Waals surface area (Å²) in [5.41, 5.74) is 2.22. The molecule has 0 saturated carbocycles. The van der Waals surface area contributed by atoms with Crippen LogP contribution >= 0.6 is 0 Å². The quantitative estimate of drug-likeness (QED) is 0.637. The first-order valence-corrected chi connectivity index (χ1v) is 7.43. The molecule has 0 aliphatic heterocycles. The lowest BCUT2D eigenvalue weighted by Gasteiger charge is -2.12. The number of rotatable bonds is 5. The van der Waals surface area contributed by atoms with Gasteiger partial charge >= 0.3 is 5.97 Å². The Morgan fingerprint density at radius 1 is 1.09 bits per heavy atom. The molecule has 0 radical (unpaired) electrons. The molecule has 3 rings (SSSR count). The first-order chi connectivity index (χ1) is 11.1. The zero-order valence-corrected chi connectivity index (χ0v) is 13.0. The molecule has 5 heteroatoms. The summed E-state index contributed by atoms with van der Waals surface area (Å²) in [5, 5.41) is 16.7. The number of carbonyl (C=O) groups is 1. The molecule has 0 atom stereocenters. The highest BCUT2D eigenvalue weighted by Crippen LogP contribution is 2.38. The standard InChI is InChI=1S/C18H18N2O3/c1-11(2)19-17-16(13-8-4-6-10-15(13)23-17)20-14-9-5-3-7-12(14)18(21)22/h3-11,19-20H,1-2H3,(H,21,22). The van der Waals surface area contributed by atoms with Gasteiger partial charge in [-0.2, -0.15) is 0 Å². The number of hydrogen-bond acceptors (Lipinski definition) is 4. The van der Waals surface area contributed by atoms with Crippen LogP contribution in [0.3, 0.4) is 0 Å². The molecule has 0 fully saturated rings. The van der Waals surface area contributed by atoms with Crippen LogP contribution in [-0.2, 0) is 0 Å². The maximum atomic E-state index is 11.4. The van der Waals surface area contributed by atoms with E-state index in [0.29, 0.717) is 11.6 Å². The molecule has 0 aliphatic carbocycles. The predicted molar refractivity (Wildman–Crippen MR) is 91.7 cm³/mol. The molecular formula is C18H18N2O3. The molecule has 0 amide bonds. The van der Waals surface area contributed by atoms with Crippen LogP contribution in [0, 0.1) is 0 Å². The molecule has 118 valence electrons. The summed E-state index contributed by atoms with van der Waals surface area (Å²) in [7, 11) is 0. The van der Waals surface area contributed by atoms with E-state index in [1.165, 1.54) is 0 Å². The minimum Gasteiger partial charge on any atom is -0.478 e. The number of benzene rings is 2. The van der Waals surface area contributed by atoms with Gasteiger partial charge in [-0.05, 0) is 38.1 Å². The number of para-hydroxylation sites is 2. The molecule has 0 bridgehead atoms. The topological polar surface area (TPSA) is 74.5 Å². The van der Waals surface area contributed by atoms with Gasteiger partial charge in [0.25, 0.3) is 0 Å². The maximum Gasteiger partial charge on any atom is 0.337 e. The van der Waals surface area contributed by atoms with Crippen molar-refractivity contribution in [3.8, 4) is 0 Å². The van der Waals surface area contributed by atoms with Crippen molar-refractivity contribution in [2.75, 3.05) is 10.6 Å². The molecule has 3 aromatic rings. The maximum absolute atomic E-state index is 11.4. The SMILES string of the molecule is CC(C)Nc1oc2ccccc2c1Nc1ccccc1C(=O)O. The summed E-state index contributed by atoms with van der Waals surface area (Å²) in [6.45, 7) is 4.03. The van der Waals surface area contributed by atoms with E-state index in [4.69, 9.17) is 4.42 Å². The van der Waals surface area contributed by atoms with Gasteiger partial charge in [0.1, 0.15) is 11.3 Å². The van der Waals surface area contributed by atoms with Crippen LogP contribution in [-0.4, -0.2) is 17.1 Å². The number of hydrogen-bond donors (Lipinski definition) is 3. The lowest BCUT2D eigenvalue weighted by molar-refractivity contribution is 0.0698. The zero-order chi connectivity index (χ0) is 16.4. The zero-order valence-electron chi connectivity index (χ0n) is 13.0. The van der Waals surface area contributed by atoms with E-state index in [9.17, 15) is 9.90 Å². The van der Waals surface area contributed by atoms with E-state index in [-0.39, 0.29) is 11.6 Å². The highest BCUT2D eigenvalue weighted by molar-refractivity contribution is 6.02. The fraction of sp³-hybridized carbons (Fsp3) is 0.167. The third-order valence-corrected chi connectivity index (χ3v) is 3.43. The molecule has 23 heavy (non-hydrogen) atoms. The minimum atomic E-state index is -0.973. The van der Waals surface area contributed by atoms with Gasteiger partial charge in [0, 0.05) is 11.4 Å². The van der Waals surface area contributed by atoms with E-state index >= 15 is 0 Å². The van der Waals surface area contributed by atoms with E-state index in [2.05, 4.69) is 10.6 Å². The van der Waals surface area contributed by atoms with E-state index in [1.807, 2.05) is 38.1 Å². The summed E-state index contributed by atoms with van der Waals surface area (Å²) < 4.78 is 5.86. The predicted octanol–water partition coefficient (Wildman–Crippen LogP) is 4.69. The van der Waals surface area contributed by atoms with Crippen molar-refractivity contribution in [2.24, 2.45) is 0 Å². The summed E-state index contributed by atoms with van der Waals surface area (Å²) in [4.78, 5) is 11.4. The lowest BCUT2D eigenvalue weighted by atomic mass is 10.1. The molecule has 5 nitrogen and oxygen atoms in total. The van der Waals surface area contributed by atoms with E-state index in [0.717, 1.165) is 16.7 Å².